The van der Waals surface area contributed by atoms with Crippen molar-refractivity contribution >= 4 is 17.7 Å². The smallest absolute Gasteiger partial charge is 0.335 e. The number of carbonyl (C=O) groups is 1. The summed E-state index contributed by atoms with van der Waals surface area (Å²) in [6, 6.07) is 5.34. The maximum atomic E-state index is 10.9. The van der Waals surface area contributed by atoms with Crippen molar-refractivity contribution in [2.75, 3.05) is 25.4 Å². The molecule has 0 amide bonds. The summed E-state index contributed by atoms with van der Waals surface area (Å²) in [5.41, 5.74) is 1.54. The van der Waals surface area contributed by atoms with E-state index in [-0.39, 0.29) is 0 Å². The molecule has 0 aliphatic carbocycles. The molecule has 4 heteroatoms. The summed E-state index contributed by atoms with van der Waals surface area (Å²) in [4.78, 5) is 14.5. The van der Waals surface area contributed by atoms with Gasteiger partial charge in [-0.2, -0.15) is 0 Å². The number of rotatable bonds is 5. The second-order valence-corrected chi connectivity index (χ2v) is 5.82. The van der Waals surface area contributed by atoms with E-state index in [1.807, 2.05) is 13.0 Å². The van der Waals surface area contributed by atoms with Crippen LogP contribution in [0.4, 0.5) is 0 Å². The number of aryl methyl sites for hydroxylation is 1. The molecule has 1 aliphatic rings. The zero-order valence-electron chi connectivity index (χ0n) is 10.7. The predicted octanol–water partition coefficient (Wildman–Crippen LogP) is 2.88. The van der Waals surface area contributed by atoms with Gasteiger partial charge in [0.1, 0.15) is 0 Å². The first-order valence-electron chi connectivity index (χ1n) is 6.36. The van der Waals surface area contributed by atoms with Gasteiger partial charge >= 0.3 is 5.97 Å². The van der Waals surface area contributed by atoms with E-state index in [1.165, 1.54) is 25.9 Å². The van der Waals surface area contributed by atoms with Gasteiger partial charge in [0.25, 0.3) is 0 Å². The van der Waals surface area contributed by atoms with Crippen molar-refractivity contribution in [3.63, 3.8) is 0 Å². The van der Waals surface area contributed by atoms with Gasteiger partial charge < -0.3 is 10.0 Å². The van der Waals surface area contributed by atoms with E-state index in [9.17, 15) is 4.79 Å². The summed E-state index contributed by atoms with van der Waals surface area (Å²) in [7, 11) is 0. The highest BCUT2D eigenvalue weighted by molar-refractivity contribution is 7.99. The Kier molecular flexibility index (Phi) is 4.66. The zero-order valence-corrected chi connectivity index (χ0v) is 11.5. The summed E-state index contributed by atoms with van der Waals surface area (Å²) >= 11 is 1.76. The molecule has 0 atom stereocenters. The average Bonchev–Trinajstić information content (AvgIpc) is 2.84. The van der Waals surface area contributed by atoms with Crippen LogP contribution in [0.15, 0.2) is 23.1 Å². The molecule has 1 aromatic carbocycles. The SMILES string of the molecule is Cc1ccc(C(=O)O)cc1SCCN1CCCC1. The van der Waals surface area contributed by atoms with Crippen molar-refractivity contribution in [3.05, 3.63) is 29.3 Å². The van der Waals surface area contributed by atoms with Gasteiger partial charge in [0.2, 0.25) is 0 Å². The zero-order chi connectivity index (χ0) is 13.0. The Labute approximate surface area is 112 Å². The molecule has 3 nitrogen and oxygen atoms in total. The highest BCUT2D eigenvalue weighted by Crippen LogP contribution is 2.24. The molecular weight excluding hydrogens is 246 g/mol. The first kappa shape index (κ1) is 13.4. The summed E-state index contributed by atoms with van der Waals surface area (Å²) in [6.07, 6.45) is 2.64. The highest BCUT2D eigenvalue weighted by Gasteiger charge is 2.11. The third-order valence-electron chi connectivity index (χ3n) is 3.30. The van der Waals surface area contributed by atoms with Crippen molar-refractivity contribution < 1.29 is 9.90 Å². The fourth-order valence-electron chi connectivity index (χ4n) is 2.18. The molecule has 0 saturated carbocycles. The van der Waals surface area contributed by atoms with Crippen molar-refractivity contribution in [3.8, 4) is 0 Å². The average molecular weight is 265 g/mol. The number of hydrogen-bond donors (Lipinski definition) is 1. The molecule has 1 N–H and O–H groups in total. The molecule has 1 aliphatic heterocycles. The van der Waals surface area contributed by atoms with Crippen LogP contribution < -0.4 is 0 Å². The number of carboxylic acids is 1. The fourth-order valence-corrected chi connectivity index (χ4v) is 3.25. The molecule has 0 aromatic heterocycles. The molecule has 2 rings (SSSR count). The van der Waals surface area contributed by atoms with Gasteiger partial charge in [0, 0.05) is 17.2 Å². The molecule has 1 aromatic rings. The Balaban J connectivity index is 1.91. The van der Waals surface area contributed by atoms with Gasteiger partial charge in [-0.25, -0.2) is 4.79 Å². The van der Waals surface area contributed by atoms with E-state index >= 15 is 0 Å². The van der Waals surface area contributed by atoms with Crippen molar-refractivity contribution in [2.24, 2.45) is 0 Å². The van der Waals surface area contributed by atoms with Crippen LogP contribution in [-0.2, 0) is 0 Å². The van der Waals surface area contributed by atoms with E-state index in [0.29, 0.717) is 5.56 Å². The van der Waals surface area contributed by atoms with Gasteiger partial charge in [-0.3, -0.25) is 0 Å². The first-order chi connectivity index (χ1) is 8.66. The number of aromatic carboxylic acids is 1. The lowest BCUT2D eigenvalue weighted by Crippen LogP contribution is -2.21. The Bertz CT molecular complexity index is 428. The maximum Gasteiger partial charge on any atom is 0.335 e. The van der Waals surface area contributed by atoms with E-state index in [4.69, 9.17) is 5.11 Å². The molecular formula is C14H19NO2S. The van der Waals surface area contributed by atoms with Crippen molar-refractivity contribution in [1.29, 1.82) is 0 Å². The van der Waals surface area contributed by atoms with Crippen LogP contribution in [0.5, 0.6) is 0 Å². The second kappa shape index (κ2) is 6.25. The third kappa shape index (κ3) is 3.50. The molecule has 0 bridgehead atoms. The van der Waals surface area contributed by atoms with Gasteiger partial charge in [-0.05, 0) is 50.6 Å². The summed E-state index contributed by atoms with van der Waals surface area (Å²) in [5, 5.41) is 8.98. The predicted molar refractivity (Wildman–Crippen MR) is 74.5 cm³/mol. The summed E-state index contributed by atoms with van der Waals surface area (Å²) < 4.78 is 0. The van der Waals surface area contributed by atoms with Crippen LogP contribution in [0, 0.1) is 6.92 Å². The molecule has 0 spiro atoms. The maximum absolute atomic E-state index is 10.9. The summed E-state index contributed by atoms with van der Waals surface area (Å²) in [6.45, 7) is 5.56. The minimum absolute atomic E-state index is 0.379. The van der Waals surface area contributed by atoms with Crippen molar-refractivity contribution in [2.45, 2.75) is 24.7 Å². The van der Waals surface area contributed by atoms with Crippen LogP contribution in [0.25, 0.3) is 0 Å². The van der Waals surface area contributed by atoms with Crippen LogP contribution >= 0.6 is 11.8 Å². The van der Waals surface area contributed by atoms with Crippen LogP contribution in [-0.4, -0.2) is 41.4 Å². The van der Waals surface area contributed by atoms with E-state index in [2.05, 4.69) is 4.90 Å². The van der Waals surface area contributed by atoms with E-state index in [1.54, 1.807) is 23.9 Å². The molecule has 0 radical (unpaired) electrons. The molecule has 1 fully saturated rings. The van der Waals surface area contributed by atoms with Crippen LogP contribution in [0.3, 0.4) is 0 Å². The number of likely N-dealkylation sites (tertiary alicyclic amines) is 1. The normalized spacial score (nSPS) is 16.1. The topological polar surface area (TPSA) is 40.5 Å². The lowest BCUT2D eigenvalue weighted by Gasteiger charge is -2.14. The van der Waals surface area contributed by atoms with Gasteiger partial charge in [0.15, 0.2) is 0 Å². The van der Waals surface area contributed by atoms with Crippen molar-refractivity contribution in [1.82, 2.24) is 4.90 Å². The van der Waals surface area contributed by atoms with E-state index in [0.717, 1.165) is 22.8 Å². The van der Waals surface area contributed by atoms with Gasteiger partial charge in [-0.15, -0.1) is 11.8 Å². The van der Waals surface area contributed by atoms with Crippen LogP contribution in [0.1, 0.15) is 28.8 Å². The third-order valence-corrected chi connectivity index (χ3v) is 4.44. The number of thioether (sulfide) groups is 1. The molecule has 0 unspecified atom stereocenters. The number of carboxylic acid groups (broad SMARTS) is 1. The Morgan fingerprint density at radius 1 is 1.39 bits per heavy atom. The fraction of sp³-hybridized carbons (Fsp3) is 0.500. The van der Waals surface area contributed by atoms with Crippen LogP contribution in [0.2, 0.25) is 0 Å². The minimum Gasteiger partial charge on any atom is -0.478 e. The number of benzene rings is 1. The van der Waals surface area contributed by atoms with Gasteiger partial charge in [0.05, 0.1) is 5.56 Å². The van der Waals surface area contributed by atoms with E-state index < -0.39 is 5.97 Å². The number of hydrogen-bond acceptors (Lipinski definition) is 3. The Morgan fingerprint density at radius 2 is 2.11 bits per heavy atom. The Hall–Kier alpha value is -1.00. The number of nitrogens with zero attached hydrogens (tertiary/aromatic N) is 1. The molecule has 1 heterocycles. The standard InChI is InChI=1S/C14H19NO2S/c1-11-4-5-12(14(16)17)10-13(11)18-9-8-15-6-2-3-7-15/h4-5,10H,2-3,6-9H2,1H3,(H,16,17). The lowest BCUT2D eigenvalue weighted by molar-refractivity contribution is 0.0696. The minimum atomic E-state index is -0.851. The lowest BCUT2D eigenvalue weighted by atomic mass is 10.1. The quantitative estimate of drug-likeness (QED) is 0.831. The Morgan fingerprint density at radius 3 is 2.78 bits per heavy atom. The summed E-state index contributed by atoms with van der Waals surface area (Å²) in [5.74, 6) is 0.181. The molecule has 98 valence electrons. The monoisotopic (exact) mass is 265 g/mol. The molecule has 18 heavy (non-hydrogen) atoms. The van der Waals surface area contributed by atoms with Gasteiger partial charge in [-0.1, -0.05) is 6.07 Å². The molecule has 1 saturated heterocycles. The second-order valence-electron chi connectivity index (χ2n) is 4.68. The largest absolute Gasteiger partial charge is 0.478 e. The highest BCUT2D eigenvalue weighted by atomic mass is 32.2. The first-order valence-corrected chi connectivity index (χ1v) is 7.34.